The molecule has 5 rings (SSSR count). The van der Waals surface area contributed by atoms with E-state index in [2.05, 4.69) is 15.6 Å². The Kier molecular flexibility index (Phi) is 7.47. The molecule has 1 saturated carbocycles. The molecule has 3 amide bonds. The largest absolute Gasteiger partial charge is 0.494 e. The molecule has 0 unspecified atom stereocenters. The highest BCUT2D eigenvalue weighted by Gasteiger charge is 2.40. The fraction of sp³-hybridized carbons (Fsp3) is 0.333. The third-order valence-electron chi connectivity index (χ3n) is 7.25. The number of benzene rings is 2. The van der Waals surface area contributed by atoms with Crippen LogP contribution in [0.5, 0.6) is 5.75 Å². The number of halogens is 3. The molecule has 1 aliphatic heterocycles. The number of nitrogens with two attached hydrogens (primary N) is 1. The standard InChI is InChI=1S/C27H27ClF2N6O4/c1-35-20(18-5-6-21(40-2)23(30)22(18)29)10-32-24(35)26(38)33-15-3-4-17(19(28)9-15)25(37)34-16-7-13(8-16)27(39)36-11-14(31)12-36/h3-6,9-10,13-14,16H,7-8,11-12,31H2,1-2H3,(H,33,38)(H,34,37). The number of likely N-dealkylation sites (tertiary alicyclic amines) is 1. The molecule has 0 atom stereocenters. The lowest BCUT2D eigenvalue weighted by Crippen LogP contribution is -2.61. The summed E-state index contributed by atoms with van der Waals surface area (Å²) in [5, 5.41) is 5.65. The maximum absolute atomic E-state index is 14.6. The quantitative estimate of drug-likeness (QED) is 0.399. The van der Waals surface area contributed by atoms with Crippen LogP contribution in [0, 0.1) is 17.6 Å². The van der Waals surface area contributed by atoms with Gasteiger partial charge in [-0.1, -0.05) is 11.6 Å². The Bertz CT molecular complexity index is 1500. The van der Waals surface area contributed by atoms with E-state index in [1.54, 1.807) is 4.90 Å². The van der Waals surface area contributed by atoms with Gasteiger partial charge in [0.25, 0.3) is 11.8 Å². The molecule has 2 aliphatic rings. The van der Waals surface area contributed by atoms with Crippen LogP contribution in [0.3, 0.4) is 0 Å². The normalized spacial score (nSPS) is 18.5. The van der Waals surface area contributed by atoms with E-state index in [-0.39, 0.29) is 63.2 Å². The predicted molar refractivity (Wildman–Crippen MR) is 143 cm³/mol. The second-order valence-corrected chi connectivity index (χ2v) is 10.4. The van der Waals surface area contributed by atoms with Gasteiger partial charge in [-0.25, -0.2) is 9.37 Å². The Labute approximate surface area is 233 Å². The molecule has 0 bridgehead atoms. The SMILES string of the molecule is COc1ccc(-c2cnc(C(=O)Nc3ccc(C(=O)NC4CC(C(=O)N5CC(N)C5)C4)c(Cl)c3)n2C)c(F)c1F. The van der Waals surface area contributed by atoms with Gasteiger partial charge in [-0.2, -0.15) is 4.39 Å². The minimum atomic E-state index is -1.14. The number of amides is 3. The zero-order valence-corrected chi connectivity index (χ0v) is 22.5. The lowest BCUT2D eigenvalue weighted by Gasteiger charge is -2.43. The number of anilines is 1. The number of aromatic nitrogens is 2. The molecule has 0 radical (unpaired) electrons. The van der Waals surface area contributed by atoms with Gasteiger partial charge < -0.3 is 30.6 Å². The highest BCUT2D eigenvalue weighted by molar-refractivity contribution is 6.34. The highest BCUT2D eigenvalue weighted by atomic mass is 35.5. The van der Waals surface area contributed by atoms with Gasteiger partial charge in [-0.15, -0.1) is 0 Å². The minimum absolute atomic E-state index is 0.0468. The molecule has 1 aromatic heterocycles. The van der Waals surface area contributed by atoms with E-state index < -0.39 is 17.5 Å². The average Bonchev–Trinajstić information content (AvgIpc) is 3.26. The number of rotatable bonds is 7. The van der Waals surface area contributed by atoms with Crippen LogP contribution in [0.4, 0.5) is 14.5 Å². The van der Waals surface area contributed by atoms with Crippen molar-refractivity contribution >= 4 is 35.0 Å². The van der Waals surface area contributed by atoms with E-state index in [9.17, 15) is 23.2 Å². The fourth-order valence-electron chi connectivity index (χ4n) is 4.87. The summed E-state index contributed by atoms with van der Waals surface area (Å²) in [7, 11) is 2.73. The van der Waals surface area contributed by atoms with Crippen LogP contribution >= 0.6 is 11.6 Å². The number of carbonyl (C=O) groups excluding carboxylic acids is 3. The van der Waals surface area contributed by atoms with Crippen molar-refractivity contribution in [1.82, 2.24) is 19.8 Å². The average molecular weight is 573 g/mol. The van der Waals surface area contributed by atoms with Gasteiger partial charge >= 0.3 is 0 Å². The summed E-state index contributed by atoms with van der Waals surface area (Å²) in [5.74, 6) is -3.61. The van der Waals surface area contributed by atoms with Crippen LogP contribution in [0.2, 0.25) is 5.02 Å². The van der Waals surface area contributed by atoms with E-state index in [4.69, 9.17) is 22.1 Å². The van der Waals surface area contributed by atoms with Gasteiger partial charge in [0.2, 0.25) is 11.7 Å². The lowest BCUT2D eigenvalue weighted by atomic mass is 9.78. The van der Waals surface area contributed by atoms with Crippen LogP contribution in [0.25, 0.3) is 11.3 Å². The van der Waals surface area contributed by atoms with E-state index in [0.717, 1.165) is 0 Å². The number of methoxy groups -OCH3 is 1. The molecule has 3 aromatic rings. The lowest BCUT2D eigenvalue weighted by molar-refractivity contribution is -0.143. The first kappa shape index (κ1) is 27.5. The van der Waals surface area contributed by atoms with E-state index >= 15 is 0 Å². The first-order valence-corrected chi connectivity index (χ1v) is 12.9. The summed E-state index contributed by atoms with van der Waals surface area (Å²) >= 11 is 6.34. The molecular weight excluding hydrogens is 546 g/mol. The van der Waals surface area contributed by atoms with Crippen molar-refractivity contribution in [3.05, 3.63) is 64.6 Å². The van der Waals surface area contributed by atoms with Crippen LogP contribution in [0.1, 0.15) is 33.8 Å². The molecule has 40 heavy (non-hydrogen) atoms. The smallest absolute Gasteiger partial charge is 0.291 e. The van der Waals surface area contributed by atoms with E-state index in [0.29, 0.717) is 31.6 Å². The van der Waals surface area contributed by atoms with E-state index in [1.165, 1.54) is 55.3 Å². The number of nitrogens with zero attached hydrogens (tertiary/aromatic N) is 3. The Balaban J connectivity index is 1.20. The Morgan fingerprint density at radius 1 is 1.10 bits per heavy atom. The number of imidazole rings is 1. The molecule has 0 spiro atoms. The molecule has 2 aromatic carbocycles. The third-order valence-corrected chi connectivity index (χ3v) is 7.56. The number of ether oxygens (including phenoxy) is 1. The van der Waals surface area contributed by atoms with Gasteiger partial charge in [0.1, 0.15) is 0 Å². The molecule has 210 valence electrons. The second kappa shape index (κ2) is 10.9. The van der Waals surface area contributed by atoms with Crippen molar-refractivity contribution in [3.63, 3.8) is 0 Å². The third kappa shape index (κ3) is 5.11. The van der Waals surface area contributed by atoms with E-state index in [1.807, 2.05) is 0 Å². The van der Waals surface area contributed by atoms with Gasteiger partial charge in [0.05, 0.1) is 29.6 Å². The monoisotopic (exact) mass is 572 g/mol. The number of nitrogens with one attached hydrogen (secondary N) is 2. The minimum Gasteiger partial charge on any atom is -0.494 e. The highest BCUT2D eigenvalue weighted by Crippen LogP contribution is 2.32. The first-order chi connectivity index (χ1) is 19.1. The molecule has 4 N–H and O–H groups in total. The molecular formula is C27H27ClF2N6O4. The Morgan fingerprint density at radius 2 is 1.82 bits per heavy atom. The number of hydrogen-bond acceptors (Lipinski definition) is 6. The topological polar surface area (TPSA) is 132 Å². The molecule has 2 heterocycles. The Hall–Kier alpha value is -4.03. The van der Waals surface area contributed by atoms with Crippen LogP contribution in [-0.4, -0.2) is 64.5 Å². The summed E-state index contributed by atoms with van der Waals surface area (Å²) in [4.78, 5) is 43.8. The van der Waals surface area contributed by atoms with Crippen molar-refractivity contribution in [1.29, 1.82) is 0 Å². The second-order valence-electron chi connectivity index (χ2n) is 9.96. The van der Waals surface area contributed by atoms with Crippen molar-refractivity contribution < 1.29 is 27.9 Å². The van der Waals surface area contributed by atoms with Crippen molar-refractivity contribution in [2.24, 2.45) is 18.7 Å². The van der Waals surface area contributed by atoms with Crippen molar-refractivity contribution in [3.8, 4) is 17.0 Å². The maximum Gasteiger partial charge on any atom is 0.291 e. The molecule has 10 nitrogen and oxygen atoms in total. The number of carbonyl (C=O) groups is 3. The van der Waals surface area contributed by atoms with Gasteiger partial charge in [0.15, 0.2) is 17.4 Å². The summed E-state index contributed by atoms with van der Waals surface area (Å²) < 4.78 is 34.9. The number of hydrogen-bond donors (Lipinski definition) is 3. The van der Waals surface area contributed by atoms with Crippen LogP contribution in [0.15, 0.2) is 36.5 Å². The van der Waals surface area contributed by atoms with Crippen molar-refractivity contribution in [2.45, 2.75) is 24.9 Å². The van der Waals surface area contributed by atoms with Gasteiger partial charge in [-0.3, -0.25) is 14.4 Å². The zero-order valence-electron chi connectivity index (χ0n) is 21.7. The van der Waals surface area contributed by atoms with Crippen molar-refractivity contribution in [2.75, 3.05) is 25.5 Å². The summed E-state index contributed by atoms with van der Waals surface area (Å²) in [6.45, 7) is 1.15. The molecule has 1 aliphatic carbocycles. The van der Waals surface area contributed by atoms with Gasteiger partial charge in [0, 0.05) is 49.4 Å². The zero-order chi connectivity index (χ0) is 28.7. The molecule has 2 fully saturated rings. The summed E-state index contributed by atoms with van der Waals surface area (Å²) in [6.07, 6.45) is 2.37. The fourth-order valence-corrected chi connectivity index (χ4v) is 5.14. The van der Waals surface area contributed by atoms with Gasteiger partial charge in [-0.05, 0) is 43.2 Å². The van der Waals surface area contributed by atoms with Crippen LogP contribution < -0.4 is 21.1 Å². The van der Waals surface area contributed by atoms with Crippen LogP contribution in [-0.2, 0) is 11.8 Å². The predicted octanol–water partition coefficient (Wildman–Crippen LogP) is 2.96. The molecule has 13 heteroatoms. The first-order valence-electron chi connectivity index (χ1n) is 12.6. The summed E-state index contributed by atoms with van der Waals surface area (Å²) in [6, 6.07) is 6.96. The maximum atomic E-state index is 14.6. The summed E-state index contributed by atoms with van der Waals surface area (Å²) in [5.41, 5.74) is 6.36. The Morgan fingerprint density at radius 3 is 2.48 bits per heavy atom. The molecule has 1 saturated heterocycles.